The molecule has 6 heterocycles. The molecule has 4 aromatic rings. The zero-order valence-electron chi connectivity index (χ0n) is 22.1. The highest BCUT2D eigenvalue weighted by molar-refractivity contribution is 6.02. The second kappa shape index (κ2) is 9.26. The second-order valence-corrected chi connectivity index (χ2v) is 10.3. The van der Waals surface area contributed by atoms with Gasteiger partial charge in [-0.2, -0.15) is 0 Å². The number of rotatable bonds is 6. The minimum Gasteiger partial charge on any atom is -0.477 e. The molecule has 3 N–H and O–H groups in total. The number of anilines is 1. The topological polar surface area (TPSA) is 119 Å². The molecule has 0 radical (unpaired) electrons. The van der Waals surface area contributed by atoms with Gasteiger partial charge in [-0.05, 0) is 25.6 Å². The normalized spacial score (nSPS) is 19.2. The van der Waals surface area contributed by atoms with Gasteiger partial charge in [0, 0.05) is 62.9 Å². The summed E-state index contributed by atoms with van der Waals surface area (Å²) in [5, 5.41) is 12.7. The second-order valence-electron chi connectivity index (χ2n) is 10.3. The van der Waals surface area contributed by atoms with E-state index in [1.807, 2.05) is 0 Å². The lowest BCUT2D eigenvalue weighted by Crippen LogP contribution is -2.60. The van der Waals surface area contributed by atoms with Crippen molar-refractivity contribution in [2.75, 3.05) is 32.1 Å². The van der Waals surface area contributed by atoms with Crippen LogP contribution in [0.4, 0.5) is 14.5 Å². The molecule has 0 unspecified atom stereocenters. The Morgan fingerprint density at radius 1 is 1.27 bits per heavy atom. The van der Waals surface area contributed by atoms with Gasteiger partial charge in [-0.3, -0.25) is 9.69 Å². The zero-order chi connectivity index (χ0) is 28.5. The molecule has 4 aromatic heterocycles. The quantitative estimate of drug-likeness (QED) is 0.315. The van der Waals surface area contributed by atoms with Crippen LogP contribution in [0, 0.1) is 5.82 Å². The fraction of sp³-hybridized carbons (Fsp3) is 0.286. The largest absolute Gasteiger partial charge is 0.477 e. The summed E-state index contributed by atoms with van der Waals surface area (Å²) in [6.45, 7) is 4.73. The number of allylic oxidation sites excluding steroid dienone is 2. The Morgan fingerprint density at radius 3 is 2.70 bits per heavy atom. The number of halogens is 2. The molecule has 0 aliphatic carbocycles. The van der Waals surface area contributed by atoms with Gasteiger partial charge in [-0.15, -0.1) is 0 Å². The summed E-state index contributed by atoms with van der Waals surface area (Å²) in [7, 11) is 5.23. The van der Waals surface area contributed by atoms with Gasteiger partial charge >= 0.3 is 5.97 Å². The van der Waals surface area contributed by atoms with Crippen LogP contribution in [-0.4, -0.2) is 74.8 Å². The molecule has 0 spiro atoms. The van der Waals surface area contributed by atoms with Crippen molar-refractivity contribution >= 4 is 39.4 Å². The minimum atomic E-state index is -1.33. The number of aromatic amines is 1. The Morgan fingerprint density at radius 2 is 2.05 bits per heavy atom. The first-order valence-electron chi connectivity index (χ1n) is 12.7. The van der Waals surface area contributed by atoms with Crippen LogP contribution in [-0.2, 0) is 7.05 Å². The molecule has 6 rings (SSSR count). The van der Waals surface area contributed by atoms with E-state index >= 15 is 4.39 Å². The van der Waals surface area contributed by atoms with Crippen LogP contribution < -0.4 is 15.6 Å². The molecule has 2 atom stereocenters. The number of nitrogens with one attached hydrogen (secondary N) is 2. The van der Waals surface area contributed by atoms with E-state index in [1.54, 1.807) is 32.6 Å². The molecule has 0 bridgehead atoms. The van der Waals surface area contributed by atoms with E-state index in [0.29, 0.717) is 35.0 Å². The predicted molar refractivity (Wildman–Crippen MR) is 148 cm³/mol. The third-order valence-electron chi connectivity index (χ3n) is 7.97. The summed E-state index contributed by atoms with van der Waals surface area (Å²) in [5.41, 5.74) is 1.43. The SMILES string of the molecule is C=C(F)/C=C(/NC)c1[nH]c2ncc(-c3cnc4c(c3)c(=O)c(C(=O)O)cn4C)c(N3CC[C@@H]4[C@H]3CN4C)c2c1F. The summed E-state index contributed by atoms with van der Waals surface area (Å²) in [6, 6.07) is 2.05. The summed E-state index contributed by atoms with van der Waals surface area (Å²) >= 11 is 0. The Balaban J connectivity index is 1.63. The molecule has 0 amide bonds. The van der Waals surface area contributed by atoms with Crippen molar-refractivity contribution in [3.63, 3.8) is 0 Å². The van der Waals surface area contributed by atoms with Crippen molar-refractivity contribution in [3.05, 3.63) is 70.4 Å². The standard InChI is InChI=1S/C28H27F2N7O3/c1-13(29)7-18(31-2)23-22(30)21-24(37-6-5-19-20(37)12-35(19)3)16(10-32-26(21)34-23)14-8-15-25(38)17(28(39)40)11-36(4)27(15)33-9-14/h7-11,19-20,31H,1,5-6,12H2,2-4H3,(H,32,34)(H,39,40)/b18-7+/t19-,20-/m1/s1. The fourth-order valence-corrected chi connectivity index (χ4v) is 6.03. The highest BCUT2D eigenvalue weighted by Gasteiger charge is 2.46. The number of aromatic nitrogens is 4. The van der Waals surface area contributed by atoms with Gasteiger partial charge in [0.1, 0.15) is 28.4 Å². The van der Waals surface area contributed by atoms with E-state index < -0.39 is 23.0 Å². The number of pyridine rings is 3. The molecular formula is C28H27F2N7O3. The average Bonchev–Trinajstić information content (AvgIpc) is 3.44. The molecule has 2 fully saturated rings. The smallest absolute Gasteiger partial charge is 0.341 e. The van der Waals surface area contributed by atoms with Gasteiger partial charge in [0.2, 0.25) is 5.43 Å². The highest BCUT2D eigenvalue weighted by Crippen LogP contribution is 2.45. The molecule has 12 heteroatoms. The number of carboxylic acids is 1. The minimum absolute atomic E-state index is 0.0419. The molecule has 10 nitrogen and oxygen atoms in total. The van der Waals surface area contributed by atoms with Crippen LogP contribution in [0.25, 0.3) is 38.9 Å². The lowest BCUT2D eigenvalue weighted by atomic mass is 9.96. The van der Waals surface area contributed by atoms with Crippen molar-refractivity contribution in [3.8, 4) is 11.1 Å². The maximum Gasteiger partial charge on any atom is 0.341 e. The first-order chi connectivity index (χ1) is 19.1. The van der Waals surface area contributed by atoms with E-state index in [0.717, 1.165) is 19.0 Å². The Kier molecular flexibility index (Phi) is 5.95. The van der Waals surface area contributed by atoms with Crippen LogP contribution in [0.15, 0.2) is 47.9 Å². The van der Waals surface area contributed by atoms with Gasteiger partial charge in [0.05, 0.1) is 28.2 Å². The Hall–Kier alpha value is -4.58. The van der Waals surface area contributed by atoms with E-state index in [-0.39, 0.29) is 39.4 Å². The summed E-state index contributed by atoms with van der Waals surface area (Å²) in [5.74, 6) is -2.67. The number of likely N-dealkylation sites (N-methyl/N-ethyl adjacent to an activating group) is 1. The molecule has 0 aromatic carbocycles. The maximum atomic E-state index is 16.3. The lowest BCUT2D eigenvalue weighted by molar-refractivity contribution is 0.0695. The maximum absolute atomic E-state index is 16.3. The molecular weight excluding hydrogens is 520 g/mol. The number of aromatic carboxylic acids is 1. The van der Waals surface area contributed by atoms with Crippen LogP contribution in [0.1, 0.15) is 22.5 Å². The van der Waals surface area contributed by atoms with Gasteiger partial charge in [-0.25, -0.2) is 23.5 Å². The van der Waals surface area contributed by atoms with E-state index in [1.165, 1.54) is 10.8 Å². The van der Waals surface area contributed by atoms with Crippen LogP contribution in [0.3, 0.4) is 0 Å². The molecule has 2 saturated heterocycles. The van der Waals surface area contributed by atoms with Crippen LogP contribution >= 0.6 is 0 Å². The lowest BCUT2D eigenvalue weighted by Gasteiger charge is -2.45. The summed E-state index contributed by atoms with van der Waals surface area (Å²) in [4.78, 5) is 41.1. The molecule has 206 valence electrons. The molecule has 2 aliphatic heterocycles. The van der Waals surface area contributed by atoms with Crippen molar-refractivity contribution in [2.45, 2.75) is 18.5 Å². The van der Waals surface area contributed by atoms with Crippen LogP contribution in [0.5, 0.6) is 0 Å². The van der Waals surface area contributed by atoms with Crippen molar-refractivity contribution in [1.82, 2.24) is 29.7 Å². The third kappa shape index (κ3) is 3.78. The number of H-pyrrole nitrogens is 1. The summed E-state index contributed by atoms with van der Waals surface area (Å²) < 4.78 is 31.5. The number of fused-ring (bicyclic) bond motifs is 3. The van der Waals surface area contributed by atoms with E-state index in [9.17, 15) is 19.1 Å². The number of aryl methyl sites for hydroxylation is 1. The van der Waals surface area contributed by atoms with E-state index in [4.69, 9.17) is 0 Å². The van der Waals surface area contributed by atoms with E-state index in [2.05, 4.69) is 43.7 Å². The summed E-state index contributed by atoms with van der Waals surface area (Å²) in [6.07, 6.45) is 6.41. The Bertz CT molecular complexity index is 1830. The molecule has 0 saturated carbocycles. The van der Waals surface area contributed by atoms with Gasteiger partial charge in [0.25, 0.3) is 0 Å². The number of carboxylic acid groups (broad SMARTS) is 1. The first kappa shape index (κ1) is 25.7. The third-order valence-corrected chi connectivity index (χ3v) is 7.97. The molecule has 40 heavy (non-hydrogen) atoms. The zero-order valence-corrected chi connectivity index (χ0v) is 22.1. The predicted octanol–water partition coefficient (Wildman–Crippen LogP) is 3.25. The number of likely N-dealkylation sites (tertiary alicyclic amines) is 1. The number of carbonyl (C=O) groups is 1. The number of nitrogens with zero attached hydrogens (tertiary/aromatic N) is 5. The first-order valence-corrected chi connectivity index (χ1v) is 12.7. The van der Waals surface area contributed by atoms with Crippen LogP contribution in [0.2, 0.25) is 0 Å². The molecule has 2 aliphatic rings. The van der Waals surface area contributed by atoms with Crippen molar-refractivity contribution in [1.29, 1.82) is 0 Å². The average molecular weight is 548 g/mol. The highest BCUT2D eigenvalue weighted by atomic mass is 19.1. The van der Waals surface area contributed by atoms with Gasteiger partial charge in [-0.1, -0.05) is 6.58 Å². The fourth-order valence-electron chi connectivity index (χ4n) is 6.03. The Labute approximate surface area is 227 Å². The van der Waals surface area contributed by atoms with Crippen molar-refractivity contribution in [2.24, 2.45) is 7.05 Å². The monoisotopic (exact) mass is 547 g/mol. The van der Waals surface area contributed by atoms with Gasteiger partial charge in [0.15, 0.2) is 5.82 Å². The number of hydrogen-bond acceptors (Lipinski definition) is 7. The van der Waals surface area contributed by atoms with Crippen molar-refractivity contribution < 1.29 is 18.7 Å². The number of hydrogen-bond donors (Lipinski definition) is 3. The van der Waals surface area contributed by atoms with Gasteiger partial charge < -0.3 is 24.9 Å².